The van der Waals surface area contributed by atoms with Crippen LogP contribution in [0.5, 0.6) is 0 Å². The van der Waals surface area contributed by atoms with E-state index in [-0.39, 0.29) is 44.4 Å². The summed E-state index contributed by atoms with van der Waals surface area (Å²) in [5.74, 6) is -2.61. The number of aryl methyl sites for hydroxylation is 1. The molecule has 2 saturated heterocycles. The Bertz CT molecular complexity index is 1650. The lowest BCUT2D eigenvalue weighted by atomic mass is 9.97. The lowest BCUT2D eigenvalue weighted by Gasteiger charge is -2.38. The molecule has 12 nitrogen and oxygen atoms in total. The van der Waals surface area contributed by atoms with Gasteiger partial charge in [0.1, 0.15) is 12.1 Å². The van der Waals surface area contributed by atoms with E-state index in [4.69, 9.17) is 4.74 Å². The lowest BCUT2D eigenvalue weighted by Crippen LogP contribution is -2.59. The summed E-state index contributed by atoms with van der Waals surface area (Å²) in [6.07, 6.45) is -0.0945. The molecule has 3 N–H and O–H groups in total. The van der Waals surface area contributed by atoms with E-state index in [2.05, 4.69) is 20.9 Å². The van der Waals surface area contributed by atoms with Crippen molar-refractivity contribution in [3.63, 3.8) is 0 Å². The molecule has 2 aliphatic rings. The van der Waals surface area contributed by atoms with E-state index < -0.39 is 47.9 Å². The van der Waals surface area contributed by atoms with Crippen molar-refractivity contribution < 1.29 is 28.7 Å². The number of nitrogens with one attached hydrogen (secondary N) is 3. The standard InChI is InChI=1S/C36H42N6O6/c1-22(2)32-34(45)38-18-26-19-42(36(47)31-23(3)37-16-15-27(31)25-13-9-6-10-14-25)20-29(48-26)33(44)39-28(17-24-11-7-5-8-12-24)35(46)41(4)21-30(43)40-32/h5-16,22,26,28-29,32H,17-21H2,1-4H3,(H,38,45)(H,39,44)(H,40,43)/t26-,28+,29+,32-/m0/s1. The number of carbonyl (C=O) groups excluding carboxylic acids is 5. The molecule has 0 saturated carbocycles. The monoisotopic (exact) mass is 654 g/mol. The fourth-order valence-corrected chi connectivity index (χ4v) is 6.07. The van der Waals surface area contributed by atoms with Gasteiger partial charge in [0.2, 0.25) is 17.7 Å². The van der Waals surface area contributed by atoms with Gasteiger partial charge in [-0.2, -0.15) is 0 Å². The third kappa shape index (κ3) is 8.06. The second-order valence-electron chi connectivity index (χ2n) is 12.6. The first kappa shape index (κ1) is 34.2. The zero-order valence-corrected chi connectivity index (χ0v) is 27.6. The Balaban J connectivity index is 1.49. The zero-order chi connectivity index (χ0) is 34.4. The van der Waals surface area contributed by atoms with Gasteiger partial charge in [-0.3, -0.25) is 29.0 Å². The molecule has 0 spiro atoms. The number of hydrogen-bond donors (Lipinski definition) is 3. The van der Waals surface area contributed by atoms with E-state index in [9.17, 15) is 24.0 Å². The van der Waals surface area contributed by atoms with Gasteiger partial charge in [-0.1, -0.05) is 74.5 Å². The SMILES string of the molecule is Cc1nccc(-c2ccccc2)c1C(=O)N1C[C@@H]2CNC(=O)[C@H](C(C)C)NC(=O)CN(C)C(=O)[C@@H](Cc3ccccc3)NC(=O)[C@@H](C1)O2. The van der Waals surface area contributed by atoms with E-state index in [0.29, 0.717) is 16.8 Å². The molecule has 0 unspecified atom stereocenters. The van der Waals surface area contributed by atoms with Crippen molar-refractivity contribution in [2.75, 3.05) is 33.2 Å². The Hall–Kier alpha value is -5.10. The third-order valence-corrected chi connectivity index (χ3v) is 8.61. The number of amides is 5. The molecule has 1 aromatic heterocycles. The maximum atomic E-state index is 14.3. The van der Waals surface area contributed by atoms with Gasteiger partial charge in [-0.25, -0.2) is 0 Å². The Kier molecular flexibility index (Phi) is 10.8. The number of ether oxygens (including phenoxy) is 1. The Morgan fingerprint density at radius 2 is 1.62 bits per heavy atom. The van der Waals surface area contributed by atoms with Crippen molar-refractivity contribution in [2.24, 2.45) is 5.92 Å². The summed E-state index contributed by atoms with van der Waals surface area (Å²) in [7, 11) is 1.47. The molecular formula is C36H42N6O6. The van der Waals surface area contributed by atoms with E-state index in [1.807, 2.05) is 60.7 Å². The summed E-state index contributed by atoms with van der Waals surface area (Å²) >= 11 is 0. The van der Waals surface area contributed by atoms with Gasteiger partial charge >= 0.3 is 0 Å². The van der Waals surface area contributed by atoms with Gasteiger partial charge in [0.25, 0.3) is 11.8 Å². The maximum Gasteiger partial charge on any atom is 0.256 e. The van der Waals surface area contributed by atoms with Gasteiger partial charge in [0, 0.05) is 32.8 Å². The number of nitrogens with zero attached hydrogens (tertiary/aromatic N) is 3. The van der Waals surface area contributed by atoms with Gasteiger partial charge in [-0.05, 0) is 35.6 Å². The summed E-state index contributed by atoms with van der Waals surface area (Å²) < 4.78 is 6.21. The molecule has 4 atom stereocenters. The molecule has 252 valence electrons. The third-order valence-electron chi connectivity index (χ3n) is 8.61. The fraction of sp³-hybridized carbons (Fsp3) is 0.389. The number of hydrogen-bond acceptors (Lipinski definition) is 7. The topological polar surface area (TPSA) is 150 Å². The number of rotatable bonds is 5. The maximum absolute atomic E-state index is 14.3. The van der Waals surface area contributed by atoms with Crippen LogP contribution in [0.3, 0.4) is 0 Å². The predicted molar refractivity (Wildman–Crippen MR) is 178 cm³/mol. The van der Waals surface area contributed by atoms with Crippen LogP contribution in [-0.2, 0) is 30.3 Å². The van der Waals surface area contributed by atoms with Crippen LogP contribution in [0.15, 0.2) is 72.9 Å². The number of likely N-dealkylation sites (N-methyl/N-ethyl adjacent to an activating group) is 1. The molecule has 2 aliphatic heterocycles. The molecule has 2 fully saturated rings. The van der Waals surface area contributed by atoms with E-state index in [0.717, 1.165) is 11.1 Å². The first-order chi connectivity index (χ1) is 23.0. The lowest BCUT2D eigenvalue weighted by molar-refractivity contribution is -0.148. The summed E-state index contributed by atoms with van der Waals surface area (Å²) in [4.78, 5) is 75.5. The predicted octanol–water partition coefficient (Wildman–Crippen LogP) is 1.72. The van der Waals surface area contributed by atoms with Crippen LogP contribution in [0.4, 0.5) is 0 Å². The Morgan fingerprint density at radius 1 is 0.938 bits per heavy atom. The van der Waals surface area contributed by atoms with E-state index >= 15 is 0 Å². The highest BCUT2D eigenvalue weighted by atomic mass is 16.5. The molecule has 48 heavy (non-hydrogen) atoms. The second-order valence-corrected chi connectivity index (χ2v) is 12.6. The Morgan fingerprint density at radius 3 is 2.31 bits per heavy atom. The molecule has 3 heterocycles. The van der Waals surface area contributed by atoms with Crippen LogP contribution in [-0.4, -0.2) is 102 Å². The molecule has 5 rings (SSSR count). The highest BCUT2D eigenvalue weighted by molar-refractivity contribution is 6.02. The van der Waals surface area contributed by atoms with Crippen molar-refractivity contribution in [1.82, 2.24) is 30.7 Å². The van der Waals surface area contributed by atoms with Crippen LogP contribution < -0.4 is 16.0 Å². The van der Waals surface area contributed by atoms with Gasteiger partial charge in [-0.15, -0.1) is 0 Å². The molecule has 3 aromatic rings. The van der Waals surface area contributed by atoms with Crippen molar-refractivity contribution in [3.05, 3.63) is 89.7 Å². The molecule has 0 radical (unpaired) electrons. The number of fused-ring (bicyclic) bond motifs is 2. The number of morpholine rings is 1. The highest BCUT2D eigenvalue weighted by Crippen LogP contribution is 2.27. The largest absolute Gasteiger partial charge is 0.360 e. The Labute approximate surface area is 280 Å². The van der Waals surface area contributed by atoms with Crippen LogP contribution >= 0.6 is 0 Å². The first-order valence-electron chi connectivity index (χ1n) is 16.1. The average Bonchev–Trinajstić information content (AvgIpc) is 3.08. The smallest absolute Gasteiger partial charge is 0.256 e. The summed E-state index contributed by atoms with van der Waals surface area (Å²) in [5.41, 5.74) is 3.29. The number of aromatic nitrogens is 1. The normalized spacial score (nSPS) is 22.7. The molecule has 2 aromatic carbocycles. The van der Waals surface area contributed by atoms with Crippen LogP contribution in [0.25, 0.3) is 11.1 Å². The summed E-state index contributed by atoms with van der Waals surface area (Å²) in [6, 6.07) is 18.6. The van der Waals surface area contributed by atoms with Crippen LogP contribution in [0, 0.1) is 12.8 Å². The summed E-state index contributed by atoms with van der Waals surface area (Å²) in [5, 5.41) is 8.43. The number of carbonyl (C=O) groups is 5. The minimum Gasteiger partial charge on any atom is -0.360 e. The number of pyridine rings is 1. The molecule has 12 heteroatoms. The first-order valence-corrected chi connectivity index (χ1v) is 16.1. The zero-order valence-electron chi connectivity index (χ0n) is 27.6. The molecule has 0 aliphatic carbocycles. The van der Waals surface area contributed by atoms with Gasteiger partial charge in [0.05, 0.1) is 30.5 Å². The summed E-state index contributed by atoms with van der Waals surface area (Å²) in [6.45, 7) is 5.04. The average molecular weight is 655 g/mol. The highest BCUT2D eigenvalue weighted by Gasteiger charge is 2.39. The van der Waals surface area contributed by atoms with Crippen LogP contribution in [0.1, 0.15) is 35.5 Å². The van der Waals surface area contributed by atoms with Crippen molar-refractivity contribution >= 4 is 29.5 Å². The molecule has 2 bridgehead atoms. The van der Waals surface area contributed by atoms with Crippen molar-refractivity contribution in [1.29, 1.82) is 0 Å². The number of benzene rings is 2. The van der Waals surface area contributed by atoms with Crippen LogP contribution in [0.2, 0.25) is 0 Å². The molecule has 5 amide bonds. The van der Waals surface area contributed by atoms with Crippen molar-refractivity contribution in [3.8, 4) is 11.1 Å². The minimum atomic E-state index is -1.15. The minimum absolute atomic E-state index is 0.0185. The second kappa shape index (κ2) is 15.2. The fourth-order valence-electron chi connectivity index (χ4n) is 6.07. The quantitative estimate of drug-likeness (QED) is 0.379. The molecular weight excluding hydrogens is 612 g/mol. The van der Waals surface area contributed by atoms with Gasteiger partial charge < -0.3 is 30.5 Å². The van der Waals surface area contributed by atoms with E-state index in [1.54, 1.807) is 37.9 Å². The van der Waals surface area contributed by atoms with Crippen molar-refractivity contribution in [2.45, 2.75) is 51.5 Å². The van der Waals surface area contributed by atoms with E-state index in [1.165, 1.54) is 11.9 Å². The van der Waals surface area contributed by atoms with Gasteiger partial charge in [0.15, 0.2) is 6.10 Å².